The number of aliphatic hydroxyl groups is 1. The largest absolute Gasteiger partial charge is 0.394 e. The predicted molar refractivity (Wildman–Crippen MR) is 53.8 cm³/mol. The minimum absolute atomic E-state index is 0.115. The molecule has 0 radical (unpaired) electrons. The number of likely N-dealkylation sites (tertiary alicyclic amines) is 1. The summed E-state index contributed by atoms with van der Waals surface area (Å²) in [6, 6.07) is -0.393. The van der Waals surface area contributed by atoms with Crippen LogP contribution in [0.5, 0.6) is 0 Å². The maximum atomic E-state index is 11.9. The maximum Gasteiger partial charge on any atom is 0.233 e. The molecule has 0 aromatic rings. The second-order valence-corrected chi connectivity index (χ2v) is 4.23. The Hall–Kier alpha value is -1.16. The summed E-state index contributed by atoms with van der Waals surface area (Å²) in [7, 11) is 0. The standard InChI is InChI=1S/C11H15NO3/c1-7(6-13)12-10(14)8-4-2-3-5-9(8)11(12)15/h2-3,7-9,13H,4-6H2,1H3/t7?,8-,9+. The molecule has 2 aliphatic rings. The average Bonchev–Trinajstić information content (AvgIpc) is 2.52. The fraction of sp³-hybridized carbons (Fsp3) is 0.636. The number of aliphatic hydroxyl groups excluding tert-OH is 1. The zero-order chi connectivity index (χ0) is 11.0. The van der Waals surface area contributed by atoms with Gasteiger partial charge in [0.05, 0.1) is 24.5 Å². The molecule has 0 spiro atoms. The quantitative estimate of drug-likeness (QED) is 0.526. The number of nitrogens with zero attached hydrogens (tertiary/aromatic N) is 1. The van der Waals surface area contributed by atoms with Crippen LogP contribution in [-0.2, 0) is 9.59 Å². The van der Waals surface area contributed by atoms with Gasteiger partial charge in [0.15, 0.2) is 0 Å². The number of allylic oxidation sites excluding steroid dienone is 2. The van der Waals surface area contributed by atoms with Crippen molar-refractivity contribution in [3.63, 3.8) is 0 Å². The van der Waals surface area contributed by atoms with Crippen LogP contribution in [0.1, 0.15) is 19.8 Å². The third kappa shape index (κ3) is 1.49. The van der Waals surface area contributed by atoms with E-state index < -0.39 is 6.04 Å². The Morgan fingerprint density at radius 1 is 1.33 bits per heavy atom. The van der Waals surface area contributed by atoms with Gasteiger partial charge in [-0.1, -0.05) is 12.2 Å². The lowest BCUT2D eigenvalue weighted by Gasteiger charge is -2.20. The van der Waals surface area contributed by atoms with Crippen LogP contribution in [0.3, 0.4) is 0 Å². The Morgan fingerprint density at radius 3 is 2.20 bits per heavy atom. The summed E-state index contributed by atoms with van der Waals surface area (Å²) in [6.45, 7) is 1.53. The molecule has 1 aliphatic heterocycles. The molecule has 1 unspecified atom stereocenters. The first-order valence-corrected chi connectivity index (χ1v) is 5.29. The van der Waals surface area contributed by atoms with E-state index in [2.05, 4.69) is 0 Å². The zero-order valence-electron chi connectivity index (χ0n) is 8.72. The monoisotopic (exact) mass is 209 g/mol. The lowest BCUT2D eigenvalue weighted by Crippen LogP contribution is -2.41. The van der Waals surface area contributed by atoms with Gasteiger partial charge in [0, 0.05) is 0 Å². The first-order valence-electron chi connectivity index (χ1n) is 5.29. The highest BCUT2D eigenvalue weighted by Gasteiger charge is 2.48. The lowest BCUT2D eigenvalue weighted by atomic mass is 9.85. The molecule has 2 rings (SSSR count). The maximum absolute atomic E-state index is 11.9. The number of fused-ring (bicyclic) bond motifs is 1. The molecule has 3 atom stereocenters. The molecular formula is C11H15NO3. The molecule has 82 valence electrons. The summed E-state index contributed by atoms with van der Waals surface area (Å²) in [5.74, 6) is -0.597. The molecule has 1 heterocycles. The minimum Gasteiger partial charge on any atom is -0.394 e. The van der Waals surface area contributed by atoms with Crippen LogP contribution in [-0.4, -0.2) is 34.5 Å². The number of rotatable bonds is 2. The van der Waals surface area contributed by atoms with Crippen molar-refractivity contribution in [3.8, 4) is 0 Å². The molecule has 1 aliphatic carbocycles. The van der Waals surface area contributed by atoms with Gasteiger partial charge in [-0.3, -0.25) is 14.5 Å². The summed E-state index contributed by atoms with van der Waals surface area (Å²) in [6.07, 6.45) is 5.23. The third-order valence-electron chi connectivity index (χ3n) is 3.25. The summed E-state index contributed by atoms with van der Waals surface area (Å²) in [5.41, 5.74) is 0. The van der Waals surface area contributed by atoms with E-state index in [4.69, 9.17) is 5.11 Å². The Balaban J connectivity index is 2.24. The molecule has 4 heteroatoms. The Morgan fingerprint density at radius 2 is 1.80 bits per heavy atom. The van der Waals surface area contributed by atoms with Crippen LogP contribution >= 0.6 is 0 Å². The molecule has 1 saturated heterocycles. The zero-order valence-corrected chi connectivity index (χ0v) is 8.72. The van der Waals surface area contributed by atoms with Crippen molar-refractivity contribution in [1.29, 1.82) is 0 Å². The highest BCUT2D eigenvalue weighted by Crippen LogP contribution is 2.35. The predicted octanol–water partition coefficient (Wildman–Crippen LogP) is 0.318. The third-order valence-corrected chi connectivity index (χ3v) is 3.25. The van der Waals surface area contributed by atoms with Crippen LogP contribution < -0.4 is 0 Å². The minimum atomic E-state index is -0.393. The highest BCUT2D eigenvalue weighted by atomic mass is 16.3. The normalized spacial score (nSPS) is 32.0. The number of carbonyl (C=O) groups is 2. The summed E-state index contributed by atoms with van der Waals surface area (Å²) >= 11 is 0. The first kappa shape index (κ1) is 10.4. The van der Waals surface area contributed by atoms with Gasteiger partial charge in [-0.25, -0.2) is 0 Å². The fourth-order valence-corrected chi connectivity index (χ4v) is 2.34. The molecule has 0 aromatic heterocycles. The van der Waals surface area contributed by atoms with Crippen molar-refractivity contribution in [2.24, 2.45) is 11.8 Å². The number of hydrogen-bond acceptors (Lipinski definition) is 3. The Kier molecular flexibility index (Phi) is 2.61. The van der Waals surface area contributed by atoms with Crippen molar-refractivity contribution >= 4 is 11.8 Å². The van der Waals surface area contributed by atoms with Gasteiger partial charge in [0.25, 0.3) is 0 Å². The second-order valence-electron chi connectivity index (χ2n) is 4.23. The number of imide groups is 1. The Bertz CT molecular complexity index is 298. The van der Waals surface area contributed by atoms with Crippen LogP contribution in [0.4, 0.5) is 0 Å². The topological polar surface area (TPSA) is 57.6 Å². The van der Waals surface area contributed by atoms with Crippen molar-refractivity contribution in [3.05, 3.63) is 12.2 Å². The van der Waals surface area contributed by atoms with Crippen LogP contribution in [0, 0.1) is 11.8 Å². The SMILES string of the molecule is CC(CO)N1C(=O)[C@H]2CC=CC[C@H]2C1=O. The van der Waals surface area contributed by atoms with Crippen molar-refractivity contribution < 1.29 is 14.7 Å². The number of hydrogen-bond donors (Lipinski definition) is 1. The van der Waals surface area contributed by atoms with E-state index in [0.717, 1.165) is 0 Å². The van der Waals surface area contributed by atoms with Gasteiger partial charge in [0.1, 0.15) is 0 Å². The van der Waals surface area contributed by atoms with Gasteiger partial charge < -0.3 is 5.11 Å². The summed E-state index contributed by atoms with van der Waals surface area (Å²) in [4.78, 5) is 25.1. The van der Waals surface area contributed by atoms with Crippen LogP contribution in [0.2, 0.25) is 0 Å². The molecule has 0 saturated carbocycles. The molecule has 1 N–H and O–H groups in total. The van der Waals surface area contributed by atoms with Gasteiger partial charge in [0.2, 0.25) is 11.8 Å². The van der Waals surface area contributed by atoms with Crippen molar-refractivity contribution in [2.75, 3.05) is 6.61 Å². The first-order chi connectivity index (χ1) is 7.16. The van der Waals surface area contributed by atoms with Crippen LogP contribution in [0.15, 0.2) is 12.2 Å². The van der Waals surface area contributed by atoms with E-state index in [1.807, 2.05) is 12.2 Å². The van der Waals surface area contributed by atoms with Crippen LogP contribution in [0.25, 0.3) is 0 Å². The summed E-state index contributed by atoms with van der Waals surface area (Å²) < 4.78 is 0. The van der Waals surface area contributed by atoms with Gasteiger partial charge in [-0.05, 0) is 19.8 Å². The fourth-order valence-electron chi connectivity index (χ4n) is 2.34. The van der Waals surface area contributed by atoms with E-state index in [1.54, 1.807) is 6.92 Å². The smallest absolute Gasteiger partial charge is 0.233 e. The molecule has 2 amide bonds. The Labute approximate surface area is 88.6 Å². The highest BCUT2D eigenvalue weighted by molar-refractivity contribution is 6.05. The van der Waals surface area contributed by atoms with E-state index in [1.165, 1.54) is 4.90 Å². The van der Waals surface area contributed by atoms with Crippen molar-refractivity contribution in [2.45, 2.75) is 25.8 Å². The number of amides is 2. The van der Waals surface area contributed by atoms with E-state index in [-0.39, 0.29) is 30.3 Å². The second kappa shape index (κ2) is 3.77. The molecular weight excluding hydrogens is 194 g/mol. The molecule has 15 heavy (non-hydrogen) atoms. The van der Waals surface area contributed by atoms with E-state index in [0.29, 0.717) is 12.8 Å². The summed E-state index contributed by atoms with van der Waals surface area (Å²) in [5, 5.41) is 9.00. The number of carbonyl (C=O) groups excluding carboxylic acids is 2. The molecule has 1 fully saturated rings. The van der Waals surface area contributed by atoms with E-state index >= 15 is 0 Å². The van der Waals surface area contributed by atoms with E-state index in [9.17, 15) is 9.59 Å². The average molecular weight is 209 g/mol. The van der Waals surface area contributed by atoms with Gasteiger partial charge >= 0.3 is 0 Å². The van der Waals surface area contributed by atoms with Gasteiger partial charge in [-0.2, -0.15) is 0 Å². The van der Waals surface area contributed by atoms with Crippen molar-refractivity contribution in [1.82, 2.24) is 4.90 Å². The van der Waals surface area contributed by atoms with Gasteiger partial charge in [-0.15, -0.1) is 0 Å². The molecule has 0 aromatic carbocycles. The lowest BCUT2D eigenvalue weighted by molar-refractivity contribution is -0.143. The molecule has 0 bridgehead atoms. The molecule has 4 nitrogen and oxygen atoms in total.